The van der Waals surface area contributed by atoms with E-state index in [2.05, 4.69) is 10.4 Å². The molecule has 0 bridgehead atoms. The summed E-state index contributed by atoms with van der Waals surface area (Å²) in [7, 11) is 1.69. The molecule has 0 radical (unpaired) electrons. The number of hydrogen-bond acceptors (Lipinski definition) is 3. The average Bonchev–Trinajstić information content (AvgIpc) is 2.44. The van der Waals surface area contributed by atoms with Crippen LogP contribution in [0.1, 0.15) is 30.0 Å². The fourth-order valence-corrected chi connectivity index (χ4v) is 1.20. The Balaban J connectivity index is 2.77. The van der Waals surface area contributed by atoms with Gasteiger partial charge in [0.05, 0.1) is 11.7 Å². The van der Waals surface area contributed by atoms with E-state index >= 15 is 0 Å². The van der Waals surface area contributed by atoms with Crippen molar-refractivity contribution in [3.05, 3.63) is 17.5 Å². The van der Waals surface area contributed by atoms with Crippen LogP contribution in [0.2, 0.25) is 0 Å². The summed E-state index contributed by atoms with van der Waals surface area (Å²) in [6.07, 6.45) is 0. The van der Waals surface area contributed by atoms with Crippen molar-refractivity contribution in [1.82, 2.24) is 15.1 Å². The lowest BCUT2D eigenvalue weighted by Gasteiger charge is -2.09. The van der Waals surface area contributed by atoms with E-state index in [1.807, 2.05) is 6.92 Å². The van der Waals surface area contributed by atoms with Gasteiger partial charge in [-0.15, -0.1) is 0 Å². The van der Waals surface area contributed by atoms with Crippen LogP contribution in [-0.2, 0) is 11.8 Å². The van der Waals surface area contributed by atoms with Gasteiger partial charge < -0.3 is 5.32 Å². The molecule has 1 N–H and O–H groups in total. The zero-order chi connectivity index (χ0) is 11.6. The highest BCUT2D eigenvalue weighted by Crippen LogP contribution is 2.02. The Morgan fingerprint density at radius 1 is 1.53 bits per heavy atom. The number of ketones is 1. The first-order valence-electron chi connectivity index (χ1n) is 4.73. The van der Waals surface area contributed by atoms with Crippen LogP contribution in [0.5, 0.6) is 0 Å². The third-order valence-corrected chi connectivity index (χ3v) is 2.19. The largest absolute Gasteiger partial charge is 0.341 e. The van der Waals surface area contributed by atoms with E-state index in [4.69, 9.17) is 0 Å². The lowest BCUT2D eigenvalue weighted by Crippen LogP contribution is -2.38. The fourth-order valence-electron chi connectivity index (χ4n) is 1.20. The SMILES string of the molecule is CC(=O)C(C)NC(=O)c1cc(C)nn1C. The quantitative estimate of drug-likeness (QED) is 0.785. The van der Waals surface area contributed by atoms with Gasteiger partial charge in [-0.1, -0.05) is 0 Å². The van der Waals surface area contributed by atoms with Crippen LogP contribution >= 0.6 is 0 Å². The molecule has 0 saturated carbocycles. The Kier molecular flexibility index (Phi) is 3.24. The van der Waals surface area contributed by atoms with Crippen molar-refractivity contribution in [3.63, 3.8) is 0 Å². The number of hydrogen-bond donors (Lipinski definition) is 1. The molecule has 1 atom stereocenters. The number of carbonyl (C=O) groups excluding carboxylic acids is 2. The highest BCUT2D eigenvalue weighted by atomic mass is 16.2. The Morgan fingerprint density at radius 2 is 2.13 bits per heavy atom. The Hall–Kier alpha value is -1.65. The average molecular weight is 209 g/mol. The maximum atomic E-state index is 11.7. The first-order valence-corrected chi connectivity index (χ1v) is 4.73. The third kappa shape index (κ3) is 2.65. The predicted molar refractivity (Wildman–Crippen MR) is 55.6 cm³/mol. The van der Waals surface area contributed by atoms with Crippen molar-refractivity contribution in [2.45, 2.75) is 26.8 Å². The highest BCUT2D eigenvalue weighted by molar-refractivity contribution is 5.96. The second-order valence-corrected chi connectivity index (χ2v) is 3.60. The molecule has 1 unspecified atom stereocenters. The van der Waals surface area contributed by atoms with Crippen molar-refractivity contribution < 1.29 is 9.59 Å². The summed E-state index contributed by atoms with van der Waals surface area (Å²) < 4.78 is 1.50. The zero-order valence-corrected chi connectivity index (χ0v) is 9.37. The van der Waals surface area contributed by atoms with Crippen LogP contribution in [0.3, 0.4) is 0 Å². The molecule has 0 aliphatic rings. The molecule has 5 nitrogen and oxygen atoms in total. The van der Waals surface area contributed by atoms with Crippen molar-refractivity contribution in [3.8, 4) is 0 Å². The van der Waals surface area contributed by atoms with Crippen LogP contribution in [0.4, 0.5) is 0 Å². The van der Waals surface area contributed by atoms with Crippen molar-refractivity contribution >= 4 is 11.7 Å². The lowest BCUT2D eigenvalue weighted by atomic mass is 10.2. The number of Topliss-reactive ketones (excluding diaryl/α,β-unsaturated/α-hetero) is 1. The summed E-state index contributed by atoms with van der Waals surface area (Å²) >= 11 is 0. The van der Waals surface area contributed by atoms with Gasteiger partial charge in [-0.2, -0.15) is 5.10 Å². The normalized spacial score (nSPS) is 12.3. The summed E-state index contributed by atoms with van der Waals surface area (Å²) in [5, 5.41) is 6.66. The second kappa shape index (κ2) is 4.25. The zero-order valence-electron chi connectivity index (χ0n) is 9.37. The number of aryl methyl sites for hydroxylation is 2. The Bertz CT molecular complexity index is 395. The summed E-state index contributed by atoms with van der Waals surface area (Å²) in [5.41, 5.74) is 1.23. The number of amides is 1. The number of aromatic nitrogens is 2. The van der Waals surface area contributed by atoms with E-state index in [0.29, 0.717) is 5.69 Å². The molecule has 0 aromatic carbocycles. The maximum Gasteiger partial charge on any atom is 0.270 e. The summed E-state index contributed by atoms with van der Waals surface area (Å²) in [5.74, 6) is -0.344. The maximum absolute atomic E-state index is 11.7. The molecule has 5 heteroatoms. The van der Waals surface area contributed by atoms with Gasteiger partial charge in [0.1, 0.15) is 5.69 Å². The first kappa shape index (κ1) is 11.4. The van der Waals surface area contributed by atoms with Gasteiger partial charge in [0.25, 0.3) is 5.91 Å². The van der Waals surface area contributed by atoms with E-state index in [1.54, 1.807) is 20.0 Å². The van der Waals surface area contributed by atoms with Gasteiger partial charge in [-0.25, -0.2) is 0 Å². The van der Waals surface area contributed by atoms with Gasteiger partial charge in [0.2, 0.25) is 0 Å². The topological polar surface area (TPSA) is 64.0 Å². The summed E-state index contributed by atoms with van der Waals surface area (Å²) in [6, 6.07) is 1.22. The molecular formula is C10H15N3O2. The van der Waals surface area contributed by atoms with Crippen molar-refractivity contribution in [2.24, 2.45) is 7.05 Å². The Morgan fingerprint density at radius 3 is 2.53 bits per heavy atom. The van der Waals surface area contributed by atoms with Gasteiger partial charge in [0.15, 0.2) is 5.78 Å². The molecule has 1 rings (SSSR count). The van der Waals surface area contributed by atoms with E-state index < -0.39 is 6.04 Å². The predicted octanol–water partition coefficient (Wildman–Crippen LogP) is 0.436. The number of nitrogens with one attached hydrogen (secondary N) is 1. The fraction of sp³-hybridized carbons (Fsp3) is 0.500. The van der Waals surface area contributed by atoms with Gasteiger partial charge in [-0.3, -0.25) is 14.3 Å². The van der Waals surface area contributed by atoms with E-state index in [1.165, 1.54) is 11.6 Å². The number of nitrogens with zero attached hydrogens (tertiary/aromatic N) is 2. The molecule has 1 aromatic heterocycles. The highest BCUT2D eigenvalue weighted by Gasteiger charge is 2.16. The summed E-state index contributed by atoms with van der Waals surface area (Å²) in [6.45, 7) is 4.91. The van der Waals surface area contributed by atoms with Crippen LogP contribution in [0, 0.1) is 6.92 Å². The molecular weight excluding hydrogens is 194 g/mol. The number of carbonyl (C=O) groups is 2. The van der Waals surface area contributed by atoms with Gasteiger partial charge >= 0.3 is 0 Å². The summed E-state index contributed by atoms with van der Waals surface area (Å²) in [4.78, 5) is 22.6. The van der Waals surface area contributed by atoms with Crippen LogP contribution in [0.25, 0.3) is 0 Å². The lowest BCUT2D eigenvalue weighted by molar-refractivity contribution is -0.118. The molecule has 0 spiro atoms. The molecule has 0 aliphatic carbocycles. The van der Waals surface area contributed by atoms with Crippen LogP contribution in [-0.4, -0.2) is 27.5 Å². The monoisotopic (exact) mass is 209 g/mol. The third-order valence-electron chi connectivity index (χ3n) is 2.19. The van der Waals surface area contributed by atoms with Gasteiger partial charge in [-0.05, 0) is 26.8 Å². The van der Waals surface area contributed by atoms with E-state index in [0.717, 1.165) is 5.69 Å². The smallest absolute Gasteiger partial charge is 0.270 e. The number of rotatable bonds is 3. The minimum absolute atomic E-state index is 0.0674. The first-order chi connectivity index (χ1) is 6.91. The molecule has 1 amide bonds. The molecule has 1 aromatic rings. The van der Waals surface area contributed by atoms with E-state index in [-0.39, 0.29) is 11.7 Å². The molecule has 0 fully saturated rings. The minimum Gasteiger partial charge on any atom is -0.341 e. The van der Waals surface area contributed by atoms with Crippen LogP contribution in [0.15, 0.2) is 6.07 Å². The molecule has 0 saturated heterocycles. The molecule has 82 valence electrons. The molecule has 15 heavy (non-hydrogen) atoms. The Labute approximate surface area is 88.5 Å². The van der Waals surface area contributed by atoms with Crippen molar-refractivity contribution in [1.29, 1.82) is 0 Å². The van der Waals surface area contributed by atoms with E-state index in [9.17, 15) is 9.59 Å². The molecule has 1 heterocycles. The van der Waals surface area contributed by atoms with Crippen LogP contribution < -0.4 is 5.32 Å². The second-order valence-electron chi connectivity index (χ2n) is 3.60. The van der Waals surface area contributed by atoms with Crippen molar-refractivity contribution in [2.75, 3.05) is 0 Å². The van der Waals surface area contributed by atoms with Gasteiger partial charge in [0, 0.05) is 7.05 Å². The minimum atomic E-state index is -0.465. The standard InChI is InChI=1S/C10H15N3O2/c1-6-5-9(13(4)12-6)10(15)11-7(2)8(3)14/h5,7H,1-4H3,(H,11,15). The molecule has 0 aliphatic heterocycles.